The lowest BCUT2D eigenvalue weighted by atomic mass is 9.91. The van der Waals surface area contributed by atoms with E-state index >= 15 is 0 Å². The molecule has 2 atom stereocenters. The van der Waals surface area contributed by atoms with Crippen LogP contribution >= 0.6 is 0 Å². The molecule has 8 heteroatoms. The number of H-pyrrole nitrogens is 2. The van der Waals surface area contributed by atoms with Crippen LogP contribution in [0.3, 0.4) is 0 Å². The van der Waals surface area contributed by atoms with Crippen LogP contribution < -0.4 is 10.6 Å². The van der Waals surface area contributed by atoms with Crippen molar-refractivity contribution < 1.29 is 4.79 Å². The van der Waals surface area contributed by atoms with E-state index in [4.69, 9.17) is 0 Å². The Labute approximate surface area is 209 Å². The maximum absolute atomic E-state index is 13.2. The van der Waals surface area contributed by atoms with Crippen LogP contribution in [0.15, 0.2) is 72.8 Å². The van der Waals surface area contributed by atoms with Gasteiger partial charge in [0.15, 0.2) is 5.82 Å². The van der Waals surface area contributed by atoms with Crippen LogP contribution in [-0.4, -0.2) is 50.7 Å². The molecule has 1 aliphatic rings. The lowest BCUT2D eigenvalue weighted by Crippen LogP contribution is -2.47. The molecule has 4 N–H and O–H groups in total. The van der Waals surface area contributed by atoms with Crippen molar-refractivity contribution in [3.8, 4) is 11.5 Å². The summed E-state index contributed by atoms with van der Waals surface area (Å²) < 4.78 is 0. The van der Waals surface area contributed by atoms with Crippen molar-refractivity contribution in [2.75, 3.05) is 18.9 Å². The number of anilines is 1. The van der Waals surface area contributed by atoms with Gasteiger partial charge in [-0.2, -0.15) is 5.10 Å². The highest BCUT2D eigenvalue weighted by Crippen LogP contribution is 2.30. The summed E-state index contributed by atoms with van der Waals surface area (Å²) in [5, 5.41) is 14.7. The fourth-order valence-electron chi connectivity index (χ4n) is 5.23. The van der Waals surface area contributed by atoms with Crippen LogP contribution in [0.25, 0.3) is 33.5 Å². The molecule has 1 saturated heterocycles. The molecular weight excluding hydrogens is 450 g/mol. The van der Waals surface area contributed by atoms with Gasteiger partial charge >= 0.3 is 6.03 Å². The highest BCUT2D eigenvalue weighted by Gasteiger charge is 2.30. The fourth-order valence-corrected chi connectivity index (χ4v) is 5.23. The van der Waals surface area contributed by atoms with E-state index in [-0.39, 0.29) is 18.1 Å². The van der Waals surface area contributed by atoms with Crippen molar-refractivity contribution in [3.05, 3.63) is 78.4 Å². The molecule has 2 aromatic heterocycles. The van der Waals surface area contributed by atoms with Crippen LogP contribution in [0.1, 0.15) is 30.9 Å². The third kappa shape index (κ3) is 4.31. The maximum atomic E-state index is 13.2. The smallest absolute Gasteiger partial charge is 0.319 e. The number of fused-ring (bicyclic) bond motifs is 2. The number of carbonyl (C=O) groups is 1. The number of nitrogens with one attached hydrogen (secondary N) is 4. The Kier molecular flexibility index (Phi) is 5.87. The standard InChI is InChI=1S/C28H29N7O/c1-35-16-8-7-13-24(35)25(18-9-3-2-4-10-18)32-28(36)29-19-14-15-21-20(17-19)26(34-33-21)27-30-22-11-5-6-12-23(22)31-27/h2-6,9-12,14-15,17,24-25H,7-8,13,16H2,1H3,(H,30,31)(H,33,34)(H2,29,32,36). The number of hydrogen-bond donors (Lipinski definition) is 4. The van der Waals surface area contributed by atoms with Gasteiger partial charge in [0.05, 0.1) is 22.6 Å². The lowest BCUT2D eigenvalue weighted by Gasteiger charge is -2.38. The van der Waals surface area contributed by atoms with Gasteiger partial charge in [0, 0.05) is 17.1 Å². The number of rotatable bonds is 5. The number of nitrogens with zero attached hydrogens (tertiary/aromatic N) is 3. The minimum Gasteiger partial charge on any atom is -0.337 e. The van der Waals surface area contributed by atoms with Gasteiger partial charge in [-0.05, 0) is 62.3 Å². The first-order chi connectivity index (χ1) is 17.7. The predicted octanol–water partition coefficient (Wildman–Crippen LogP) is 5.45. The molecule has 2 unspecified atom stereocenters. The first-order valence-corrected chi connectivity index (χ1v) is 12.4. The molecule has 2 amide bonds. The van der Waals surface area contributed by atoms with E-state index in [2.05, 4.69) is 54.9 Å². The highest BCUT2D eigenvalue weighted by molar-refractivity contribution is 5.98. The summed E-state index contributed by atoms with van der Waals surface area (Å²) in [6.07, 6.45) is 3.42. The number of aromatic nitrogens is 4. The number of likely N-dealkylation sites (N-methyl/N-ethyl adjacent to an activating group) is 1. The first kappa shape index (κ1) is 22.3. The Hall–Kier alpha value is -4.17. The number of amides is 2. The highest BCUT2D eigenvalue weighted by atomic mass is 16.2. The Balaban J connectivity index is 1.25. The molecule has 0 bridgehead atoms. The summed E-state index contributed by atoms with van der Waals surface area (Å²) in [4.78, 5) is 23.6. The van der Waals surface area contributed by atoms with E-state index in [1.165, 1.54) is 12.8 Å². The number of para-hydroxylation sites is 2. The van der Waals surface area contributed by atoms with Gasteiger partial charge in [-0.3, -0.25) is 5.10 Å². The zero-order chi connectivity index (χ0) is 24.5. The molecule has 0 saturated carbocycles. The molecule has 1 aliphatic heterocycles. The quantitative estimate of drug-likeness (QED) is 0.269. The molecule has 1 fully saturated rings. The number of likely N-dealkylation sites (tertiary alicyclic amines) is 1. The summed E-state index contributed by atoms with van der Waals surface area (Å²) in [6, 6.07) is 23.8. The van der Waals surface area contributed by atoms with Crippen molar-refractivity contribution in [3.63, 3.8) is 0 Å². The minimum atomic E-state index is -0.226. The van der Waals surface area contributed by atoms with Gasteiger partial charge in [-0.15, -0.1) is 0 Å². The van der Waals surface area contributed by atoms with Crippen LogP contribution in [-0.2, 0) is 0 Å². The van der Waals surface area contributed by atoms with Crippen LogP contribution in [0.5, 0.6) is 0 Å². The monoisotopic (exact) mass is 479 g/mol. The molecule has 6 rings (SSSR count). The first-order valence-electron chi connectivity index (χ1n) is 12.4. The average Bonchev–Trinajstić information content (AvgIpc) is 3.52. The fraction of sp³-hybridized carbons (Fsp3) is 0.250. The molecular formula is C28H29N7O. The summed E-state index contributed by atoms with van der Waals surface area (Å²) in [5.74, 6) is 0.688. The van der Waals surface area contributed by atoms with Gasteiger partial charge in [-0.1, -0.05) is 48.9 Å². The van der Waals surface area contributed by atoms with Crippen molar-refractivity contribution in [1.29, 1.82) is 0 Å². The van der Waals surface area contributed by atoms with Crippen LogP contribution in [0.4, 0.5) is 10.5 Å². The van der Waals surface area contributed by atoms with Crippen LogP contribution in [0, 0.1) is 0 Å². The average molecular weight is 480 g/mol. The second-order valence-electron chi connectivity index (χ2n) is 9.47. The number of imidazole rings is 1. The number of hydrogen-bond acceptors (Lipinski definition) is 4. The molecule has 0 radical (unpaired) electrons. The molecule has 5 aromatic rings. The topological polar surface area (TPSA) is 102 Å². The van der Waals surface area contributed by atoms with E-state index in [0.29, 0.717) is 11.5 Å². The summed E-state index contributed by atoms with van der Waals surface area (Å²) in [5.41, 5.74) is 5.25. The number of piperidine rings is 1. The van der Waals surface area contributed by atoms with Crippen molar-refractivity contribution in [2.45, 2.75) is 31.3 Å². The van der Waals surface area contributed by atoms with E-state index < -0.39 is 0 Å². The second-order valence-corrected chi connectivity index (χ2v) is 9.47. The Morgan fingerprint density at radius 1 is 1.03 bits per heavy atom. The van der Waals surface area contributed by atoms with E-state index in [0.717, 1.165) is 46.2 Å². The lowest BCUT2D eigenvalue weighted by molar-refractivity contribution is 0.147. The van der Waals surface area contributed by atoms with Gasteiger partial charge in [-0.25, -0.2) is 9.78 Å². The SMILES string of the molecule is CN1CCCCC1C(NC(=O)Nc1ccc2[nH]nc(-c3nc4ccccc4[nH]3)c2c1)c1ccccc1. The van der Waals surface area contributed by atoms with E-state index in [1.54, 1.807) is 0 Å². The number of aromatic amines is 2. The minimum absolute atomic E-state index is 0.0970. The van der Waals surface area contributed by atoms with Gasteiger partial charge in [0.2, 0.25) is 0 Å². The summed E-state index contributed by atoms with van der Waals surface area (Å²) in [6.45, 7) is 1.04. The molecule has 0 aliphatic carbocycles. The largest absolute Gasteiger partial charge is 0.337 e. The molecule has 36 heavy (non-hydrogen) atoms. The predicted molar refractivity (Wildman–Crippen MR) is 143 cm³/mol. The Morgan fingerprint density at radius 2 is 1.86 bits per heavy atom. The molecule has 8 nitrogen and oxygen atoms in total. The third-order valence-corrected chi connectivity index (χ3v) is 7.09. The zero-order valence-electron chi connectivity index (χ0n) is 20.2. The second kappa shape index (κ2) is 9.47. The van der Waals surface area contributed by atoms with Crippen molar-refractivity contribution in [2.24, 2.45) is 0 Å². The van der Waals surface area contributed by atoms with Crippen molar-refractivity contribution in [1.82, 2.24) is 30.4 Å². The zero-order valence-corrected chi connectivity index (χ0v) is 20.2. The van der Waals surface area contributed by atoms with Crippen LogP contribution in [0.2, 0.25) is 0 Å². The van der Waals surface area contributed by atoms with E-state index in [1.807, 2.05) is 60.7 Å². The van der Waals surface area contributed by atoms with Gasteiger partial charge in [0.1, 0.15) is 5.69 Å². The van der Waals surface area contributed by atoms with Crippen molar-refractivity contribution >= 4 is 33.7 Å². The normalized spacial score (nSPS) is 17.3. The molecule has 182 valence electrons. The Bertz CT molecular complexity index is 1470. The number of benzene rings is 3. The number of carbonyl (C=O) groups excluding carboxylic acids is 1. The summed E-state index contributed by atoms with van der Waals surface area (Å²) in [7, 11) is 2.14. The van der Waals surface area contributed by atoms with E-state index in [9.17, 15) is 4.79 Å². The summed E-state index contributed by atoms with van der Waals surface area (Å²) >= 11 is 0. The number of urea groups is 1. The Morgan fingerprint density at radius 3 is 2.69 bits per heavy atom. The van der Waals surface area contributed by atoms with Gasteiger partial charge in [0.25, 0.3) is 0 Å². The molecule has 3 aromatic carbocycles. The van der Waals surface area contributed by atoms with Gasteiger partial charge < -0.3 is 20.5 Å². The maximum Gasteiger partial charge on any atom is 0.319 e. The third-order valence-electron chi connectivity index (χ3n) is 7.09. The molecule has 3 heterocycles. The molecule has 0 spiro atoms.